The molecule has 0 unspecified atom stereocenters. The first-order valence-electron chi connectivity index (χ1n) is 7.18. The first kappa shape index (κ1) is 14.8. The molecule has 0 aliphatic rings. The van der Waals surface area contributed by atoms with Gasteiger partial charge in [-0.25, -0.2) is 0 Å². The highest BCUT2D eigenvalue weighted by molar-refractivity contribution is 9.11. The van der Waals surface area contributed by atoms with Crippen molar-refractivity contribution in [3.8, 4) is 0 Å². The van der Waals surface area contributed by atoms with Crippen LogP contribution in [-0.4, -0.2) is 10.6 Å². The lowest BCUT2D eigenvalue weighted by atomic mass is 10.1. The number of nitrogens with one attached hydrogen (secondary N) is 1. The number of rotatable bonds is 5. The van der Waals surface area contributed by atoms with E-state index in [1.807, 2.05) is 0 Å². The van der Waals surface area contributed by atoms with Crippen molar-refractivity contribution in [1.29, 1.82) is 0 Å². The zero-order valence-electron chi connectivity index (χ0n) is 12.3. The Kier molecular flexibility index (Phi) is 4.48. The Morgan fingerprint density at radius 3 is 2.76 bits per heavy atom. The summed E-state index contributed by atoms with van der Waals surface area (Å²) in [6.07, 6.45) is 2.19. The Morgan fingerprint density at radius 2 is 2.05 bits per heavy atom. The van der Waals surface area contributed by atoms with Crippen LogP contribution < -0.4 is 5.32 Å². The van der Waals surface area contributed by atoms with Gasteiger partial charge in [0.2, 0.25) is 0 Å². The minimum atomic E-state index is 0.505. The van der Waals surface area contributed by atoms with Crippen LogP contribution in [0.1, 0.15) is 24.3 Å². The molecule has 1 aromatic carbocycles. The highest BCUT2D eigenvalue weighted by Gasteiger charge is 2.07. The predicted molar refractivity (Wildman–Crippen MR) is 95.0 cm³/mol. The zero-order valence-corrected chi connectivity index (χ0v) is 14.7. The molecule has 0 saturated carbocycles. The number of benzene rings is 1. The molecule has 3 rings (SSSR count). The average molecular weight is 363 g/mol. The molecule has 4 heteroatoms. The van der Waals surface area contributed by atoms with Crippen LogP contribution in [-0.2, 0) is 13.1 Å². The second-order valence-corrected chi connectivity index (χ2v) is 8.08. The molecule has 0 atom stereocenters. The second kappa shape index (κ2) is 6.34. The maximum absolute atomic E-state index is 3.53. The number of aromatic nitrogens is 1. The minimum Gasteiger partial charge on any atom is -0.342 e. The van der Waals surface area contributed by atoms with E-state index in [2.05, 4.69) is 82.3 Å². The van der Waals surface area contributed by atoms with E-state index in [1.165, 1.54) is 25.1 Å². The van der Waals surface area contributed by atoms with E-state index in [-0.39, 0.29) is 0 Å². The SMILES string of the molecule is CC(C)NCc1cccc2c1ccn2Cc1ccc(Br)s1. The van der Waals surface area contributed by atoms with Crippen LogP contribution in [0.2, 0.25) is 0 Å². The van der Waals surface area contributed by atoms with E-state index in [0.717, 1.165) is 13.1 Å². The molecule has 1 N–H and O–H groups in total. The molecule has 2 heterocycles. The molecule has 0 radical (unpaired) electrons. The monoisotopic (exact) mass is 362 g/mol. The van der Waals surface area contributed by atoms with Crippen LogP contribution in [0.5, 0.6) is 0 Å². The molecule has 0 fully saturated rings. The van der Waals surface area contributed by atoms with Crippen LogP contribution >= 0.6 is 27.3 Å². The predicted octanol–water partition coefficient (Wildman–Crippen LogP) is 5.01. The quantitative estimate of drug-likeness (QED) is 0.674. The number of hydrogen-bond donors (Lipinski definition) is 1. The molecule has 0 bridgehead atoms. The van der Waals surface area contributed by atoms with Gasteiger partial charge in [-0.2, -0.15) is 0 Å². The smallest absolute Gasteiger partial charge is 0.0702 e. The van der Waals surface area contributed by atoms with Crippen molar-refractivity contribution in [3.63, 3.8) is 0 Å². The molecule has 0 spiro atoms. The van der Waals surface area contributed by atoms with Gasteiger partial charge in [-0.3, -0.25) is 0 Å². The van der Waals surface area contributed by atoms with Crippen molar-refractivity contribution in [3.05, 3.63) is 56.8 Å². The molecule has 0 aliphatic heterocycles. The molecule has 0 amide bonds. The molecule has 2 nitrogen and oxygen atoms in total. The van der Waals surface area contributed by atoms with Gasteiger partial charge in [0, 0.05) is 34.6 Å². The summed E-state index contributed by atoms with van der Waals surface area (Å²) in [7, 11) is 0. The van der Waals surface area contributed by atoms with Gasteiger partial charge in [-0.15, -0.1) is 11.3 Å². The van der Waals surface area contributed by atoms with E-state index < -0.39 is 0 Å². The maximum Gasteiger partial charge on any atom is 0.0702 e. The molecule has 0 aliphatic carbocycles. The lowest BCUT2D eigenvalue weighted by Gasteiger charge is -2.10. The molecule has 2 aromatic heterocycles. The van der Waals surface area contributed by atoms with Crippen LogP contribution in [0.3, 0.4) is 0 Å². The first-order chi connectivity index (χ1) is 10.1. The fraction of sp³-hybridized carbons (Fsp3) is 0.294. The number of nitrogens with zero attached hydrogens (tertiary/aromatic N) is 1. The number of hydrogen-bond acceptors (Lipinski definition) is 2. The first-order valence-corrected chi connectivity index (χ1v) is 8.79. The normalized spacial score (nSPS) is 11.6. The fourth-order valence-electron chi connectivity index (χ4n) is 2.50. The van der Waals surface area contributed by atoms with Crippen LogP contribution in [0, 0.1) is 0 Å². The maximum atomic E-state index is 3.53. The van der Waals surface area contributed by atoms with Crippen molar-refractivity contribution in [2.24, 2.45) is 0 Å². The largest absolute Gasteiger partial charge is 0.342 e. The molecule has 110 valence electrons. The number of halogens is 1. The molecular formula is C17H19BrN2S. The summed E-state index contributed by atoms with van der Waals surface area (Å²) in [6, 6.07) is 13.6. The van der Waals surface area contributed by atoms with Crippen molar-refractivity contribution < 1.29 is 0 Å². The molecule has 0 saturated heterocycles. The Bertz CT molecular complexity index is 742. The second-order valence-electron chi connectivity index (χ2n) is 5.53. The van der Waals surface area contributed by atoms with Crippen molar-refractivity contribution >= 4 is 38.2 Å². The minimum absolute atomic E-state index is 0.505. The van der Waals surface area contributed by atoms with E-state index >= 15 is 0 Å². The third-order valence-corrected chi connectivity index (χ3v) is 5.17. The van der Waals surface area contributed by atoms with Crippen LogP contribution in [0.4, 0.5) is 0 Å². The number of thiophene rings is 1. The van der Waals surface area contributed by atoms with Crippen LogP contribution in [0.15, 0.2) is 46.4 Å². The van der Waals surface area contributed by atoms with Gasteiger partial charge in [-0.05, 0) is 45.8 Å². The fourth-order valence-corrected chi connectivity index (χ4v) is 3.98. The lowest BCUT2D eigenvalue weighted by molar-refractivity contribution is 0.590. The molecule has 3 aromatic rings. The topological polar surface area (TPSA) is 17.0 Å². The van der Waals surface area contributed by atoms with Crippen molar-refractivity contribution in [2.75, 3.05) is 0 Å². The van der Waals surface area contributed by atoms with Gasteiger partial charge in [0.15, 0.2) is 0 Å². The average Bonchev–Trinajstić information content (AvgIpc) is 3.04. The summed E-state index contributed by atoms with van der Waals surface area (Å²) in [5.74, 6) is 0. The summed E-state index contributed by atoms with van der Waals surface area (Å²) in [6.45, 7) is 6.21. The van der Waals surface area contributed by atoms with E-state index in [9.17, 15) is 0 Å². The van der Waals surface area contributed by atoms with Gasteiger partial charge in [0.1, 0.15) is 0 Å². The summed E-state index contributed by atoms with van der Waals surface area (Å²) in [5.41, 5.74) is 2.68. The Hall–Kier alpha value is -1.10. The van der Waals surface area contributed by atoms with Gasteiger partial charge in [0.25, 0.3) is 0 Å². The standard InChI is InChI=1S/C17H19BrN2S/c1-12(2)19-10-13-4-3-5-16-15(13)8-9-20(16)11-14-6-7-17(18)21-14/h3-9,12,19H,10-11H2,1-2H3. The molecule has 21 heavy (non-hydrogen) atoms. The van der Waals surface area contributed by atoms with Gasteiger partial charge < -0.3 is 9.88 Å². The Morgan fingerprint density at radius 1 is 1.19 bits per heavy atom. The Labute approximate surface area is 137 Å². The van der Waals surface area contributed by atoms with Gasteiger partial charge in [0.05, 0.1) is 10.3 Å². The van der Waals surface area contributed by atoms with Crippen LogP contribution in [0.25, 0.3) is 10.9 Å². The summed E-state index contributed by atoms with van der Waals surface area (Å²) in [5, 5.41) is 4.85. The number of fused-ring (bicyclic) bond motifs is 1. The summed E-state index contributed by atoms with van der Waals surface area (Å²) in [4.78, 5) is 1.37. The van der Waals surface area contributed by atoms with Gasteiger partial charge >= 0.3 is 0 Å². The summed E-state index contributed by atoms with van der Waals surface area (Å²) < 4.78 is 3.52. The zero-order chi connectivity index (χ0) is 14.8. The highest BCUT2D eigenvalue weighted by Crippen LogP contribution is 2.26. The van der Waals surface area contributed by atoms with E-state index in [4.69, 9.17) is 0 Å². The Balaban J connectivity index is 1.89. The van der Waals surface area contributed by atoms with Gasteiger partial charge in [-0.1, -0.05) is 26.0 Å². The summed E-state index contributed by atoms with van der Waals surface area (Å²) >= 11 is 5.33. The van der Waals surface area contributed by atoms with E-state index in [1.54, 1.807) is 11.3 Å². The van der Waals surface area contributed by atoms with E-state index in [0.29, 0.717) is 6.04 Å². The van der Waals surface area contributed by atoms with Crippen molar-refractivity contribution in [2.45, 2.75) is 33.0 Å². The molecular weight excluding hydrogens is 344 g/mol. The third-order valence-electron chi connectivity index (χ3n) is 3.56. The lowest BCUT2D eigenvalue weighted by Crippen LogP contribution is -2.21. The highest BCUT2D eigenvalue weighted by atomic mass is 79.9. The van der Waals surface area contributed by atoms with Crippen molar-refractivity contribution in [1.82, 2.24) is 9.88 Å². The third kappa shape index (κ3) is 3.39.